The van der Waals surface area contributed by atoms with Crippen LogP contribution < -0.4 is 4.90 Å². The Kier molecular flexibility index (Phi) is 3.57. The molecule has 0 amide bonds. The van der Waals surface area contributed by atoms with Crippen molar-refractivity contribution in [2.45, 2.75) is 0 Å². The SMILES string of the molecule is O=C(O)c1cc(N2CCS(=O)(=O)CC2)ncc1[N+](=O)[O-]. The summed E-state index contributed by atoms with van der Waals surface area (Å²) in [6, 6.07) is 1.10. The van der Waals surface area contributed by atoms with Crippen molar-refractivity contribution in [3.05, 3.63) is 27.9 Å². The van der Waals surface area contributed by atoms with E-state index in [1.54, 1.807) is 4.90 Å². The van der Waals surface area contributed by atoms with Crippen molar-refractivity contribution in [3.63, 3.8) is 0 Å². The maximum Gasteiger partial charge on any atom is 0.342 e. The van der Waals surface area contributed by atoms with Crippen LogP contribution in [-0.4, -0.2) is 54.0 Å². The molecule has 10 heteroatoms. The van der Waals surface area contributed by atoms with Crippen molar-refractivity contribution >= 4 is 27.3 Å². The van der Waals surface area contributed by atoms with E-state index < -0.39 is 32.0 Å². The zero-order chi connectivity index (χ0) is 14.9. The molecule has 1 aromatic heterocycles. The molecular weight excluding hydrogens is 290 g/mol. The van der Waals surface area contributed by atoms with Crippen molar-refractivity contribution < 1.29 is 23.2 Å². The molecule has 1 aliphatic rings. The highest BCUT2D eigenvalue weighted by Gasteiger charge is 2.26. The summed E-state index contributed by atoms with van der Waals surface area (Å²) < 4.78 is 22.6. The van der Waals surface area contributed by atoms with Gasteiger partial charge in [-0.1, -0.05) is 0 Å². The van der Waals surface area contributed by atoms with Gasteiger partial charge in [0.25, 0.3) is 0 Å². The predicted octanol–water partition coefficient (Wildman–Crippen LogP) is -0.0772. The molecule has 1 saturated heterocycles. The normalized spacial score (nSPS) is 17.7. The van der Waals surface area contributed by atoms with Gasteiger partial charge in [-0.2, -0.15) is 0 Å². The van der Waals surface area contributed by atoms with Crippen LogP contribution in [0.1, 0.15) is 10.4 Å². The smallest absolute Gasteiger partial charge is 0.342 e. The van der Waals surface area contributed by atoms with Gasteiger partial charge >= 0.3 is 11.7 Å². The van der Waals surface area contributed by atoms with E-state index in [0.717, 1.165) is 12.3 Å². The summed E-state index contributed by atoms with van der Waals surface area (Å²) >= 11 is 0. The fraction of sp³-hybridized carbons (Fsp3) is 0.400. The summed E-state index contributed by atoms with van der Waals surface area (Å²) in [7, 11) is -3.07. The molecule has 0 atom stereocenters. The summed E-state index contributed by atoms with van der Waals surface area (Å²) in [4.78, 5) is 26.3. The largest absolute Gasteiger partial charge is 0.477 e. The molecule has 108 valence electrons. The number of nitrogens with zero attached hydrogens (tertiary/aromatic N) is 3. The molecule has 0 unspecified atom stereocenters. The molecule has 1 fully saturated rings. The minimum absolute atomic E-state index is 0.0475. The van der Waals surface area contributed by atoms with E-state index in [1.807, 2.05) is 0 Å². The van der Waals surface area contributed by atoms with Crippen LogP contribution in [0.2, 0.25) is 0 Å². The van der Waals surface area contributed by atoms with Gasteiger partial charge in [-0.05, 0) is 0 Å². The molecular formula is C10H11N3O6S. The molecule has 0 radical (unpaired) electrons. The van der Waals surface area contributed by atoms with E-state index in [-0.39, 0.29) is 30.4 Å². The number of aromatic carboxylic acids is 1. The first-order valence-electron chi connectivity index (χ1n) is 5.63. The van der Waals surface area contributed by atoms with Gasteiger partial charge in [0.1, 0.15) is 17.6 Å². The molecule has 0 bridgehead atoms. The van der Waals surface area contributed by atoms with Gasteiger partial charge in [0.05, 0.1) is 16.4 Å². The number of nitro groups is 1. The highest BCUT2D eigenvalue weighted by atomic mass is 32.2. The standard InChI is InChI=1S/C10H11N3O6S/c14-10(15)7-5-9(11-6-8(7)13(16)17)12-1-3-20(18,19)4-2-12/h5-6H,1-4H2,(H,14,15). The molecule has 2 heterocycles. The molecule has 0 aliphatic carbocycles. The Bertz CT molecular complexity index is 658. The topological polar surface area (TPSA) is 131 Å². The van der Waals surface area contributed by atoms with Gasteiger partial charge in [-0.15, -0.1) is 0 Å². The first kappa shape index (κ1) is 14.2. The third-order valence-electron chi connectivity index (χ3n) is 2.96. The number of pyridine rings is 1. The third kappa shape index (κ3) is 2.85. The molecule has 1 N–H and O–H groups in total. The average molecular weight is 301 g/mol. The quantitative estimate of drug-likeness (QED) is 0.606. The van der Waals surface area contributed by atoms with Crippen LogP contribution in [0.3, 0.4) is 0 Å². The predicted molar refractivity (Wildman–Crippen MR) is 68.7 cm³/mol. The first-order chi connectivity index (χ1) is 9.30. The second-order valence-corrected chi connectivity index (χ2v) is 6.56. The maximum atomic E-state index is 11.3. The number of aromatic nitrogens is 1. The lowest BCUT2D eigenvalue weighted by Crippen LogP contribution is -2.40. The minimum Gasteiger partial charge on any atom is -0.477 e. The van der Waals surface area contributed by atoms with E-state index >= 15 is 0 Å². The Balaban J connectivity index is 2.33. The first-order valence-corrected chi connectivity index (χ1v) is 7.45. The van der Waals surface area contributed by atoms with Crippen LogP contribution in [0.4, 0.5) is 11.5 Å². The fourth-order valence-corrected chi connectivity index (χ4v) is 3.07. The van der Waals surface area contributed by atoms with Crippen molar-refractivity contribution in [3.8, 4) is 0 Å². The maximum absolute atomic E-state index is 11.3. The van der Waals surface area contributed by atoms with E-state index in [9.17, 15) is 23.3 Å². The minimum atomic E-state index is -3.07. The second-order valence-electron chi connectivity index (χ2n) is 4.26. The van der Waals surface area contributed by atoms with Gasteiger partial charge in [-0.3, -0.25) is 10.1 Å². The Hall–Kier alpha value is -2.23. The van der Waals surface area contributed by atoms with Crippen molar-refractivity contribution in [1.29, 1.82) is 0 Å². The molecule has 0 saturated carbocycles. The number of sulfone groups is 1. The number of carboxylic acid groups (broad SMARTS) is 1. The summed E-state index contributed by atoms with van der Waals surface area (Å²) in [5.74, 6) is -1.30. The van der Waals surface area contributed by atoms with Crippen LogP contribution in [0.15, 0.2) is 12.3 Å². The third-order valence-corrected chi connectivity index (χ3v) is 4.57. The van der Waals surface area contributed by atoms with Crippen molar-refractivity contribution in [1.82, 2.24) is 4.98 Å². The van der Waals surface area contributed by atoms with Crippen LogP contribution >= 0.6 is 0 Å². The van der Waals surface area contributed by atoms with Gasteiger partial charge in [-0.25, -0.2) is 18.2 Å². The Morgan fingerprint density at radius 1 is 1.40 bits per heavy atom. The molecule has 1 aromatic rings. The zero-order valence-corrected chi connectivity index (χ0v) is 11.0. The molecule has 9 nitrogen and oxygen atoms in total. The molecule has 0 spiro atoms. The van der Waals surface area contributed by atoms with Crippen molar-refractivity contribution in [2.75, 3.05) is 29.5 Å². The Labute approximate surface area is 113 Å². The highest BCUT2D eigenvalue weighted by molar-refractivity contribution is 7.91. The van der Waals surface area contributed by atoms with Crippen LogP contribution in [0.25, 0.3) is 0 Å². The number of carboxylic acids is 1. The number of carbonyl (C=O) groups is 1. The monoisotopic (exact) mass is 301 g/mol. The van der Waals surface area contributed by atoms with Gasteiger partial charge in [0.2, 0.25) is 0 Å². The van der Waals surface area contributed by atoms with E-state index in [1.165, 1.54) is 0 Å². The Morgan fingerprint density at radius 3 is 2.50 bits per heavy atom. The van der Waals surface area contributed by atoms with Gasteiger partial charge in [0, 0.05) is 19.2 Å². The lowest BCUT2D eigenvalue weighted by atomic mass is 10.2. The molecule has 1 aliphatic heterocycles. The average Bonchev–Trinajstić information content (AvgIpc) is 2.37. The second kappa shape index (κ2) is 5.04. The number of hydrogen-bond donors (Lipinski definition) is 1. The lowest BCUT2D eigenvalue weighted by molar-refractivity contribution is -0.385. The van der Waals surface area contributed by atoms with E-state index in [4.69, 9.17) is 5.11 Å². The number of rotatable bonds is 3. The molecule has 20 heavy (non-hydrogen) atoms. The van der Waals surface area contributed by atoms with Crippen LogP contribution in [0.5, 0.6) is 0 Å². The summed E-state index contributed by atoms with van der Waals surface area (Å²) in [5, 5.41) is 19.7. The Morgan fingerprint density at radius 2 is 2.00 bits per heavy atom. The van der Waals surface area contributed by atoms with Gasteiger partial charge in [0.15, 0.2) is 9.84 Å². The van der Waals surface area contributed by atoms with E-state index in [2.05, 4.69) is 4.98 Å². The highest BCUT2D eigenvalue weighted by Crippen LogP contribution is 2.23. The summed E-state index contributed by atoms with van der Waals surface area (Å²) in [6.45, 7) is 0.373. The molecule has 2 rings (SSSR count). The molecule has 0 aromatic carbocycles. The van der Waals surface area contributed by atoms with Gasteiger partial charge < -0.3 is 10.0 Å². The van der Waals surface area contributed by atoms with Crippen LogP contribution in [0, 0.1) is 10.1 Å². The summed E-state index contributed by atoms with van der Waals surface area (Å²) in [5.41, 5.74) is -1.06. The fourth-order valence-electron chi connectivity index (χ4n) is 1.87. The van der Waals surface area contributed by atoms with Crippen molar-refractivity contribution in [2.24, 2.45) is 0 Å². The number of anilines is 1. The summed E-state index contributed by atoms with van der Waals surface area (Å²) in [6.07, 6.45) is 0.877. The van der Waals surface area contributed by atoms with Crippen LogP contribution in [-0.2, 0) is 9.84 Å². The lowest BCUT2D eigenvalue weighted by Gasteiger charge is -2.27. The zero-order valence-electron chi connectivity index (χ0n) is 10.2. The van der Waals surface area contributed by atoms with E-state index in [0.29, 0.717) is 0 Å². The number of hydrogen-bond acceptors (Lipinski definition) is 7.